The van der Waals surface area contributed by atoms with E-state index < -0.39 is 0 Å². The van der Waals surface area contributed by atoms with Crippen LogP contribution in [0.15, 0.2) is 0 Å². The number of hydrogen-bond donors (Lipinski definition) is 2. The van der Waals surface area contributed by atoms with E-state index in [4.69, 9.17) is 18.0 Å². The van der Waals surface area contributed by atoms with Gasteiger partial charge in [0, 0.05) is 12.2 Å². The Hall–Kier alpha value is -0.390. The predicted octanol–water partition coefficient (Wildman–Crippen LogP) is 1.43. The number of hydrogen-bond acceptors (Lipinski definition) is 4. The molecule has 2 heterocycles. The van der Waals surface area contributed by atoms with Gasteiger partial charge in [0.2, 0.25) is 0 Å². The van der Waals surface area contributed by atoms with E-state index in [1.807, 2.05) is 11.8 Å². The zero-order valence-corrected chi connectivity index (χ0v) is 9.51. The number of thioether (sulfide) groups is 1. The molecule has 0 aliphatic carbocycles. The highest BCUT2D eigenvalue weighted by Crippen LogP contribution is 2.20. The van der Waals surface area contributed by atoms with E-state index in [-0.39, 0.29) is 0 Å². The highest BCUT2D eigenvalue weighted by molar-refractivity contribution is 7.99. The Bertz CT molecular complexity index is 386. The van der Waals surface area contributed by atoms with Crippen molar-refractivity contribution in [2.75, 3.05) is 11.5 Å². The molecule has 0 unspecified atom stereocenters. The third kappa shape index (κ3) is 1.99. The van der Waals surface area contributed by atoms with Gasteiger partial charge >= 0.3 is 0 Å². The number of fused-ring (bicyclic) bond motifs is 1. The van der Waals surface area contributed by atoms with Crippen LogP contribution in [-0.2, 0) is 19.4 Å². The van der Waals surface area contributed by atoms with Crippen molar-refractivity contribution in [2.24, 2.45) is 5.73 Å². The molecule has 14 heavy (non-hydrogen) atoms. The molecule has 0 fully saturated rings. The Balaban J connectivity index is 2.52. The van der Waals surface area contributed by atoms with Crippen LogP contribution in [0.4, 0.5) is 0 Å². The van der Waals surface area contributed by atoms with Crippen molar-refractivity contribution in [2.45, 2.75) is 19.4 Å². The van der Waals surface area contributed by atoms with Gasteiger partial charge in [-0.1, -0.05) is 0 Å². The molecule has 5 heteroatoms. The van der Waals surface area contributed by atoms with Crippen LogP contribution < -0.4 is 5.73 Å². The summed E-state index contributed by atoms with van der Waals surface area (Å²) in [7, 11) is 0. The highest BCUT2D eigenvalue weighted by Gasteiger charge is 2.12. The summed E-state index contributed by atoms with van der Waals surface area (Å²) in [5.41, 5.74) is 9.19. The third-order valence-corrected chi connectivity index (χ3v) is 3.57. The maximum Gasteiger partial charge on any atom is 0.197 e. The minimum Gasteiger partial charge on any atom is -0.334 e. The molecular weight excluding hydrogens is 214 g/mol. The Kier molecular flexibility index (Phi) is 3.20. The Morgan fingerprint density at radius 1 is 1.43 bits per heavy atom. The van der Waals surface area contributed by atoms with E-state index in [2.05, 4.69) is 9.97 Å². The number of aryl methyl sites for hydroxylation is 1. The first-order chi connectivity index (χ1) is 6.81. The van der Waals surface area contributed by atoms with Crippen molar-refractivity contribution < 1.29 is 0 Å². The summed E-state index contributed by atoms with van der Waals surface area (Å²) >= 11 is 7.04. The fourth-order valence-electron chi connectivity index (χ4n) is 1.72. The summed E-state index contributed by atoms with van der Waals surface area (Å²) in [6, 6.07) is 0. The molecule has 1 aromatic heterocycles. The molecule has 76 valence electrons. The first-order valence-corrected chi connectivity index (χ1v) is 6.26. The summed E-state index contributed by atoms with van der Waals surface area (Å²) in [4.78, 5) is 7.45. The molecule has 0 amide bonds. The fraction of sp³-hybridized carbons (Fsp3) is 0.556. The lowest BCUT2D eigenvalue weighted by molar-refractivity contribution is 0.862. The Labute approximate surface area is 92.5 Å². The van der Waals surface area contributed by atoms with Crippen molar-refractivity contribution >= 4 is 24.0 Å². The molecule has 3 N–H and O–H groups in total. The van der Waals surface area contributed by atoms with Crippen molar-refractivity contribution in [3.05, 3.63) is 21.7 Å². The van der Waals surface area contributed by atoms with Gasteiger partial charge in [-0.05, 0) is 42.1 Å². The van der Waals surface area contributed by atoms with E-state index in [1.54, 1.807) is 0 Å². The number of nitrogens with two attached hydrogens (primary N) is 1. The van der Waals surface area contributed by atoms with Crippen LogP contribution in [0.1, 0.15) is 17.0 Å². The van der Waals surface area contributed by atoms with Gasteiger partial charge in [-0.15, -0.1) is 0 Å². The van der Waals surface area contributed by atoms with Gasteiger partial charge in [-0.25, -0.2) is 4.98 Å². The third-order valence-electron chi connectivity index (χ3n) is 2.39. The van der Waals surface area contributed by atoms with Crippen LogP contribution in [0.3, 0.4) is 0 Å². The van der Waals surface area contributed by atoms with Crippen LogP contribution in [0.25, 0.3) is 0 Å². The van der Waals surface area contributed by atoms with Gasteiger partial charge in [0.25, 0.3) is 0 Å². The van der Waals surface area contributed by atoms with Gasteiger partial charge in [0.1, 0.15) is 0 Å². The molecule has 0 saturated heterocycles. The van der Waals surface area contributed by atoms with Gasteiger partial charge in [-0.2, -0.15) is 11.8 Å². The second-order valence-corrected chi connectivity index (χ2v) is 4.87. The molecule has 0 spiro atoms. The van der Waals surface area contributed by atoms with Crippen LogP contribution in [0.5, 0.6) is 0 Å². The maximum atomic E-state index is 5.66. The predicted molar refractivity (Wildman–Crippen MR) is 62.0 cm³/mol. The lowest BCUT2D eigenvalue weighted by Gasteiger charge is -2.09. The average Bonchev–Trinajstić information content (AvgIpc) is 2.41. The number of aromatic nitrogens is 2. The summed E-state index contributed by atoms with van der Waals surface area (Å²) in [6.07, 6.45) is 2.12. The van der Waals surface area contributed by atoms with Gasteiger partial charge < -0.3 is 10.7 Å². The van der Waals surface area contributed by atoms with Crippen molar-refractivity contribution in [1.82, 2.24) is 9.97 Å². The molecule has 1 aliphatic heterocycles. The fourth-order valence-corrected chi connectivity index (χ4v) is 2.86. The standard InChI is InChI=1S/C9H13N3S2/c10-5-8-6-1-3-14-4-2-7(6)11-9(13)12-8/h1-5,10H2,(H,11,12,13). The topological polar surface area (TPSA) is 54.7 Å². The molecule has 0 aromatic carbocycles. The number of nitrogens with one attached hydrogen (secondary N) is 1. The van der Waals surface area contributed by atoms with Crippen molar-refractivity contribution in [1.29, 1.82) is 0 Å². The number of nitrogens with zero attached hydrogens (tertiary/aromatic N) is 1. The van der Waals surface area contributed by atoms with Gasteiger partial charge in [0.15, 0.2) is 4.77 Å². The zero-order chi connectivity index (χ0) is 9.97. The van der Waals surface area contributed by atoms with Crippen LogP contribution in [0, 0.1) is 4.77 Å². The zero-order valence-electron chi connectivity index (χ0n) is 7.88. The number of rotatable bonds is 1. The van der Waals surface area contributed by atoms with E-state index in [0.29, 0.717) is 11.3 Å². The monoisotopic (exact) mass is 227 g/mol. The smallest absolute Gasteiger partial charge is 0.197 e. The summed E-state index contributed by atoms with van der Waals surface area (Å²) < 4.78 is 0.566. The number of aromatic amines is 1. The Morgan fingerprint density at radius 3 is 3.00 bits per heavy atom. The van der Waals surface area contributed by atoms with Crippen LogP contribution in [-0.4, -0.2) is 21.5 Å². The van der Waals surface area contributed by atoms with E-state index in [1.165, 1.54) is 11.3 Å². The molecular formula is C9H13N3S2. The van der Waals surface area contributed by atoms with Crippen molar-refractivity contribution in [3.63, 3.8) is 0 Å². The molecule has 2 rings (SSSR count). The molecule has 1 aromatic rings. The average molecular weight is 227 g/mol. The van der Waals surface area contributed by atoms with Crippen molar-refractivity contribution in [3.8, 4) is 0 Å². The molecule has 3 nitrogen and oxygen atoms in total. The largest absolute Gasteiger partial charge is 0.334 e. The first-order valence-electron chi connectivity index (χ1n) is 4.70. The van der Waals surface area contributed by atoms with E-state index in [9.17, 15) is 0 Å². The molecule has 0 atom stereocenters. The highest BCUT2D eigenvalue weighted by atomic mass is 32.2. The quantitative estimate of drug-likeness (QED) is 0.713. The van der Waals surface area contributed by atoms with Crippen LogP contribution in [0.2, 0.25) is 0 Å². The maximum absolute atomic E-state index is 5.66. The van der Waals surface area contributed by atoms with E-state index in [0.717, 1.165) is 30.0 Å². The lowest BCUT2D eigenvalue weighted by Crippen LogP contribution is -2.10. The van der Waals surface area contributed by atoms with Gasteiger partial charge in [-0.3, -0.25) is 0 Å². The number of H-pyrrole nitrogens is 1. The minimum absolute atomic E-state index is 0.491. The molecule has 0 saturated carbocycles. The SMILES string of the molecule is NCc1nc(=S)[nH]c2c1CCSCC2. The van der Waals surface area contributed by atoms with Gasteiger partial charge in [0.05, 0.1) is 5.69 Å². The molecule has 0 bridgehead atoms. The summed E-state index contributed by atoms with van der Waals surface area (Å²) in [5, 5.41) is 0. The van der Waals surface area contributed by atoms with Crippen LogP contribution >= 0.6 is 24.0 Å². The minimum atomic E-state index is 0.491. The first kappa shape index (κ1) is 10.1. The molecule has 1 aliphatic rings. The normalized spacial score (nSPS) is 16.1. The summed E-state index contributed by atoms with van der Waals surface area (Å²) in [5.74, 6) is 2.32. The second kappa shape index (κ2) is 4.42. The van der Waals surface area contributed by atoms with E-state index >= 15 is 0 Å². The second-order valence-electron chi connectivity index (χ2n) is 3.26. The molecule has 0 radical (unpaired) electrons. The lowest BCUT2D eigenvalue weighted by atomic mass is 10.1. The summed E-state index contributed by atoms with van der Waals surface area (Å²) in [6.45, 7) is 0.491. The Morgan fingerprint density at radius 2 is 2.21 bits per heavy atom.